The van der Waals surface area contributed by atoms with Gasteiger partial charge in [-0.15, -0.1) is 0 Å². The zero-order chi connectivity index (χ0) is 15.2. The first-order chi connectivity index (χ1) is 9.86. The molecule has 1 aliphatic heterocycles. The molecule has 21 heavy (non-hydrogen) atoms. The molecule has 116 valence electrons. The van der Waals surface area contributed by atoms with Crippen molar-refractivity contribution in [3.63, 3.8) is 0 Å². The smallest absolute Gasteiger partial charge is 0.273 e. The van der Waals surface area contributed by atoms with E-state index in [1.807, 2.05) is 0 Å². The number of sulfonamides is 1. The van der Waals surface area contributed by atoms with Gasteiger partial charge in [0.05, 0.1) is 5.69 Å². The van der Waals surface area contributed by atoms with Crippen LogP contribution in [-0.2, 0) is 10.0 Å². The normalized spacial score (nSPS) is 23.4. The molecule has 1 aromatic rings. The first-order valence-electron chi connectivity index (χ1n) is 6.99. The van der Waals surface area contributed by atoms with Crippen LogP contribution < -0.4 is 10.5 Å². The Hall–Kier alpha value is -1.45. The Kier molecular flexibility index (Phi) is 3.50. The maximum Gasteiger partial charge on any atom is 0.273 e. The van der Waals surface area contributed by atoms with E-state index in [4.69, 9.17) is 5.14 Å². The maximum atomic E-state index is 12.2. The average Bonchev–Trinajstić information content (AvgIpc) is 2.99. The molecule has 2 heterocycles. The lowest BCUT2D eigenvalue weighted by Gasteiger charge is -2.15. The number of hydrogen-bond donors (Lipinski definition) is 3. The fraction of sp³-hybridized carbons (Fsp3) is 0.667. The molecule has 9 heteroatoms. The van der Waals surface area contributed by atoms with Gasteiger partial charge in [-0.3, -0.25) is 14.8 Å². The average molecular weight is 313 g/mol. The third kappa shape index (κ3) is 2.94. The Balaban J connectivity index is 1.71. The molecule has 1 saturated heterocycles. The van der Waals surface area contributed by atoms with E-state index >= 15 is 0 Å². The highest BCUT2D eigenvalue weighted by atomic mass is 32.2. The summed E-state index contributed by atoms with van der Waals surface area (Å²) in [6.45, 7) is 3.30. The van der Waals surface area contributed by atoms with Crippen molar-refractivity contribution in [3.05, 3.63) is 11.4 Å². The topological polar surface area (TPSA) is 121 Å². The predicted octanol–water partition coefficient (Wildman–Crippen LogP) is -0.668. The second-order valence-corrected chi connectivity index (χ2v) is 7.25. The first kappa shape index (κ1) is 14.5. The number of carbonyl (C=O) groups excluding carboxylic acids is 1. The van der Waals surface area contributed by atoms with Crippen molar-refractivity contribution in [3.8, 4) is 0 Å². The molecule has 0 radical (unpaired) electrons. The van der Waals surface area contributed by atoms with E-state index in [9.17, 15) is 13.2 Å². The second-order valence-electron chi connectivity index (χ2n) is 5.76. The molecule has 1 aromatic heterocycles. The number of aromatic amines is 1. The number of nitrogens with one attached hydrogen (secondary N) is 2. The van der Waals surface area contributed by atoms with Crippen molar-refractivity contribution < 1.29 is 13.2 Å². The van der Waals surface area contributed by atoms with Crippen LogP contribution in [0.4, 0.5) is 0 Å². The van der Waals surface area contributed by atoms with Gasteiger partial charge in [-0.25, -0.2) is 13.6 Å². The molecule has 1 aliphatic carbocycles. The number of hydrogen-bond acceptors (Lipinski definition) is 5. The minimum atomic E-state index is -3.98. The summed E-state index contributed by atoms with van der Waals surface area (Å²) >= 11 is 0. The van der Waals surface area contributed by atoms with Gasteiger partial charge in [0.1, 0.15) is 4.90 Å². The SMILES string of the molecule is Cc1[nH]nc(C(=O)NC2CCN(C3CC3)C2)c1S(N)(=O)=O. The second kappa shape index (κ2) is 5.08. The summed E-state index contributed by atoms with van der Waals surface area (Å²) in [5.41, 5.74) is 0.119. The van der Waals surface area contributed by atoms with Gasteiger partial charge in [0, 0.05) is 25.2 Å². The van der Waals surface area contributed by atoms with Crippen molar-refractivity contribution in [2.24, 2.45) is 5.14 Å². The molecule has 2 fully saturated rings. The van der Waals surface area contributed by atoms with E-state index < -0.39 is 15.9 Å². The number of nitrogens with zero attached hydrogens (tertiary/aromatic N) is 2. The van der Waals surface area contributed by atoms with Crippen LogP contribution in [0.2, 0.25) is 0 Å². The van der Waals surface area contributed by atoms with Gasteiger partial charge in [0.15, 0.2) is 5.69 Å². The fourth-order valence-electron chi connectivity index (χ4n) is 2.85. The van der Waals surface area contributed by atoms with Crippen LogP contribution >= 0.6 is 0 Å². The molecule has 8 nitrogen and oxygen atoms in total. The Bertz CT molecular complexity index is 664. The molecule has 1 unspecified atom stereocenters. The monoisotopic (exact) mass is 313 g/mol. The number of amides is 1. The lowest BCUT2D eigenvalue weighted by molar-refractivity contribution is 0.0929. The zero-order valence-electron chi connectivity index (χ0n) is 11.8. The van der Waals surface area contributed by atoms with Crippen LogP contribution in [0.5, 0.6) is 0 Å². The van der Waals surface area contributed by atoms with Gasteiger partial charge in [-0.1, -0.05) is 0 Å². The molecule has 0 spiro atoms. The fourth-order valence-corrected chi connectivity index (χ4v) is 3.73. The first-order valence-corrected chi connectivity index (χ1v) is 8.53. The van der Waals surface area contributed by atoms with Crippen LogP contribution in [0.15, 0.2) is 4.90 Å². The number of carbonyl (C=O) groups is 1. The van der Waals surface area contributed by atoms with Crippen molar-refractivity contribution in [1.29, 1.82) is 0 Å². The Morgan fingerprint density at radius 2 is 2.14 bits per heavy atom. The van der Waals surface area contributed by atoms with Gasteiger partial charge in [0.2, 0.25) is 10.0 Å². The van der Waals surface area contributed by atoms with Crippen molar-refractivity contribution in [1.82, 2.24) is 20.4 Å². The van der Waals surface area contributed by atoms with Gasteiger partial charge >= 0.3 is 0 Å². The molecule has 3 rings (SSSR count). The standard InChI is InChI=1S/C12H19N5O3S/c1-7-11(21(13,19)20)10(16-15-7)12(18)14-8-4-5-17(6-8)9-2-3-9/h8-9H,2-6H2,1H3,(H,14,18)(H,15,16)(H2,13,19,20). The number of H-pyrrole nitrogens is 1. The van der Waals surface area contributed by atoms with Crippen molar-refractivity contribution in [2.75, 3.05) is 13.1 Å². The summed E-state index contributed by atoms with van der Waals surface area (Å²) in [4.78, 5) is 14.4. The number of likely N-dealkylation sites (tertiary alicyclic amines) is 1. The predicted molar refractivity (Wildman–Crippen MR) is 75.2 cm³/mol. The lowest BCUT2D eigenvalue weighted by Crippen LogP contribution is -2.38. The van der Waals surface area contributed by atoms with Crippen LogP contribution in [-0.4, -0.2) is 54.6 Å². The molecular weight excluding hydrogens is 294 g/mol. The largest absolute Gasteiger partial charge is 0.347 e. The highest BCUT2D eigenvalue weighted by molar-refractivity contribution is 7.89. The summed E-state index contributed by atoms with van der Waals surface area (Å²) in [7, 11) is -3.98. The third-order valence-corrected chi connectivity index (χ3v) is 5.08. The molecule has 1 amide bonds. The van der Waals surface area contributed by atoms with E-state index in [1.54, 1.807) is 0 Å². The van der Waals surface area contributed by atoms with E-state index in [0.29, 0.717) is 6.04 Å². The maximum absolute atomic E-state index is 12.2. The molecule has 1 atom stereocenters. The van der Waals surface area contributed by atoms with Gasteiger partial charge < -0.3 is 5.32 Å². The van der Waals surface area contributed by atoms with Crippen LogP contribution in [0.1, 0.15) is 35.4 Å². The number of aryl methyl sites for hydroxylation is 1. The molecule has 4 N–H and O–H groups in total. The minimum absolute atomic E-state index is 0.0310. The Morgan fingerprint density at radius 3 is 2.76 bits per heavy atom. The number of nitrogens with two attached hydrogens (primary N) is 1. The number of aromatic nitrogens is 2. The number of rotatable bonds is 4. The van der Waals surface area contributed by atoms with Crippen LogP contribution in [0.25, 0.3) is 0 Å². The summed E-state index contributed by atoms with van der Waals surface area (Å²) in [6.07, 6.45) is 3.33. The molecule has 1 saturated carbocycles. The highest BCUT2D eigenvalue weighted by Gasteiger charge is 2.35. The van der Waals surface area contributed by atoms with E-state index in [2.05, 4.69) is 20.4 Å². The Morgan fingerprint density at radius 1 is 1.43 bits per heavy atom. The van der Waals surface area contributed by atoms with Gasteiger partial charge in [0.25, 0.3) is 5.91 Å². The molecule has 2 aliphatic rings. The lowest BCUT2D eigenvalue weighted by atomic mass is 10.2. The summed E-state index contributed by atoms with van der Waals surface area (Å²) in [5.74, 6) is -0.494. The quantitative estimate of drug-likeness (QED) is 0.681. The third-order valence-electron chi connectivity index (χ3n) is 4.01. The summed E-state index contributed by atoms with van der Waals surface area (Å²) < 4.78 is 23.1. The summed E-state index contributed by atoms with van der Waals surface area (Å²) in [6, 6.07) is 0.697. The van der Waals surface area contributed by atoms with Gasteiger partial charge in [-0.2, -0.15) is 5.10 Å². The summed E-state index contributed by atoms with van der Waals surface area (Å²) in [5, 5.41) is 14.3. The van der Waals surface area contributed by atoms with Crippen molar-refractivity contribution in [2.45, 2.75) is 43.2 Å². The van der Waals surface area contributed by atoms with Crippen LogP contribution in [0, 0.1) is 6.92 Å². The van der Waals surface area contributed by atoms with Crippen molar-refractivity contribution >= 4 is 15.9 Å². The molecule has 0 bridgehead atoms. The van der Waals surface area contributed by atoms with Crippen LogP contribution in [0.3, 0.4) is 0 Å². The number of primary sulfonamides is 1. The van der Waals surface area contributed by atoms with E-state index in [-0.39, 0.29) is 22.3 Å². The minimum Gasteiger partial charge on any atom is -0.347 e. The van der Waals surface area contributed by atoms with E-state index in [1.165, 1.54) is 19.8 Å². The zero-order valence-corrected chi connectivity index (χ0v) is 12.6. The Labute approximate surface area is 123 Å². The van der Waals surface area contributed by atoms with Gasteiger partial charge in [-0.05, 0) is 26.2 Å². The molecule has 0 aromatic carbocycles. The highest BCUT2D eigenvalue weighted by Crippen LogP contribution is 2.29. The molecular formula is C12H19N5O3S. The van der Waals surface area contributed by atoms with E-state index in [0.717, 1.165) is 19.5 Å².